The summed E-state index contributed by atoms with van der Waals surface area (Å²) in [7, 11) is 1.69. The summed E-state index contributed by atoms with van der Waals surface area (Å²) in [4.78, 5) is 0. The van der Waals surface area contributed by atoms with Crippen LogP contribution in [0.4, 0.5) is 0 Å². The first-order valence-electron chi connectivity index (χ1n) is 7.30. The Morgan fingerprint density at radius 3 is 2.35 bits per heavy atom. The molecule has 0 saturated carbocycles. The van der Waals surface area contributed by atoms with E-state index < -0.39 is 6.10 Å². The maximum Gasteiger partial charge on any atom is 0.122 e. The molecule has 0 saturated heterocycles. The maximum absolute atomic E-state index is 9.68. The van der Waals surface area contributed by atoms with E-state index in [1.807, 2.05) is 6.07 Å². The highest BCUT2D eigenvalue weighted by Crippen LogP contribution is 2.35. The highest BCUT2D eigenvalue weighted by atomic mass is 16.5. The highest BCUT2D eigenvalue weighted by molar-refractivity contribution is 5.42. The van der Waals surface area contributed by atoms with Gasteiger partial charge in [0.1, 0.15) is 5.75 Å². The molecule has 1 aromatic rings. The molecule has 0 aromatic heterocycles. The van der Waals surface area contributed by atoms with Crippen molar-refractivity contribution in [2.75, 3.05) is 13.7 Å². The Balaban J connectivity index is 3.12. The third-order valence-electron chi connectivity index (χ3n) is 3.76. The van der Waals surface area contributed by atoms with E-state index in [1.165, 1.54) is 11.1 Å². The third-order valence-corrected chi connectivity index (χ3v) is 3.76. The van der Waals surface area contributed by atoms with Gasteiger partial charge < -0.3 is 14.9 Å². The molecule has 3 heteroatoms. The van der Waals surface area contributed by atoms with Crippen molar-refractivity contribution in [3.63, 3.8) is 0 Å². The smallest absolute Gasteiger partial charge is 0.122 e. The van der Waals surface area contributed by atoms with Crippen LogP contribution in [0.2, 0.25) is 0 Å². The molecule has 0 aliphatic carbocycles. The molecule has 0 amide bonds. The Morgan fingerprint density at radius 1 is 1.25 bits per heavy atom. The number of aliphatic hydroxyl groups excluding tert-OH is 2. The number of aliphatic hydroxyl groups is 2. The molecule has 0 aliphatic heterocycles. The van der Waals surface area contributed by atoms with Gasteiger partial charge in [0.2, 0.25) is 0 Å². The summed E-state index contributed by atoms with van der Waals surface area (Å²) in [6.45, 7) is 8.42. The first-order valence-corrected chi connectivity index (χ1v) is 7.30. The molecule has 0 heterocycles. The van der Waals surface area contributed by atoms with E-state index in [9.17, 15) is 5.11 Å². The molecule has 2 N–H and O–H groups in total. The van der Waals surface area contributed by atoms with Crippen LogP contribution in [0.25, 0.3) is 0 Å². The number of ether oxygens (including phenoxy) is 1. The summed E-state index contributed by atoms with van der Waals surface area (Å²) in [5.41, 5.74) is 2.38. The summed E-state index contributed by atoms with van der Waals surface area (Å²) in [6, 6.07) is 6.24. The van der Waals surface area contributed by atoms with Crippen molar-refractivity contribution >= 4 is 0 Å². The van der Waals surface area contributed by atoms with Crippen LogP contribution in [0.3, 0.4) is 0 Å². The van der Waals surface area contributed by atoms with Crippen molar-refractivity contribution in [1.82, 2.24) is 0 Å². The highest BCUT2D eigenvalue weighted by Gasteiger charge is 2.22. The predicted octanol–water partition coefficient (Wildman–Crippen LogP) is 3.23. The van der Waals surface area contributed by atoms with Crippen LogP contribution in [0.15, 0.2) is 18.2 Å². The average molecular weight is 280 g/mol. The van der Waals surface area contributed by atoms with E-state index in [1.54, 1.807) is 7.11 Å². The fraction of sp³-hybridized carbons (Fsp3) is 0.647. The van der Waals surface area contributed by atoms with Gasteiger partial charge in [-0.3, -0.25) is 0 Å². The summed E-state index contributed by atoms with van der Waals surface area (Å²) in [5.74, 6) is 1.16. The standard InChI is InChI=1S/C17H28O3/c1-6-12(9-14(19)11-18)13-7-8-16(20-5)15(10-13)17(2,3)4/h7-8,10,12,14,18-19H,6,9,11H2,1-5H3. The molecule has 0 aliphatic rings. The first-order chi connectivity index (χ1) is 9.33. The van der Waals surface area contributed by atoms with E-state index in [0.29, 0.717) is 6.42 Å². The first kappa shape index (κ1) is 17.0. The second-order valence-electron chi connectivity index (χ2n) is 6.39. The monoisotopic (exact) mass is 280 g/mol. The van der Waals surface area contributed by atoms with Crippen LogP contribution < -0.4 is 4.74 Å². The summed E-state index contributed by atoms with van der Waals surface area (Å²) in [5, 5.41) is 18.7. The molecule has 1 aromatic carbocycles. The number of hydrogen-bond donors (Lipinski definition) is 2. The summed E-state index contributed by atoms with van der Waals surface area (Å²) >= 11 is 0. The zero-order chi connectivity index (χ0) is 15.3. The average Bonchev–Trinajstić information content (AvgIpc) is 2.42. The number of benzene rings is 1. The van der Waals surface area contributed by atoms with Crippen molar-refractivity contribution < 1.29 is 14.9 Å². The molecule has 0 bridgehead atoms. The molecule has 20 heavy (non-hydrogen) atoms. The minimum atomic E-state index is -0.653. The Hall–Kier alpha value is -1.06. The fourth-order valence-corrected chi connectivity index (χ4v) is 2.51. The van der Waals surface area contributed by atoms with Gasteiger partial charge in [0.05, 0.1) is 19.8 Å². The lowest BCUT2D eigenvalue weighted by Crippen LogP contribution is -2.17. The van der Waals surface area contributed by atoms with E-state index in [0.717, 1.165) is 12.2 Å². The number of hydrogen-bond acceptors (Lipinski definition) is 3. The van der Waals surface area contributed by atoms with E-state index in [4.69, 9.17) is 9.84 Å². The molecular weight excluding hydrogens is 252 g/mol. The number of rotatable bonds is 6. The van der Waals surface area contributed by atoms with E-state index in [2.05, 4.69) is 39.8 Å². The van der Waals surface area contributed by atoms with Gasteiger partial charge in [0.15, 0.2) is 0 Å². The van der Waals surface area contributed by atoms with Gasteiger partial charge in [0, 0.05) is 0 Å². The lowest BCUT2D eigenvalue weighted by atomic mass is 9.82. The minimum Gasteiger partial charge on any atom is -0.496 e. The lowest BCUT2D eigenvalue weighted by molar-refractivity contribution is 0.0817. The van der Waals surface area contributed by atoms with Gasteiger partial charge in [0.25, 0.3) is 0 Å². The summed E-state index contributed by atoms with van der Waals surface area (Å²) in [6.07, 6.45) is 0.871. The minimum absolute atomic E-state index is 0.00917. The molecule has 2 unspecified atom stereocenters. The van der Waals surface area contributed by atoms with Gasteiger partial charge in [-0.15, -0.1) is 0 Å². The second kappa shape index (κ2) is 7.09. The third kappa shape index (κ3) is 4.22. The van der Waals surface area contributed by atoms with Crippen LogP contribution in [0, 0.1) is 0 Å². The number of methoxy groups -OCH3 is 1. The van der Waals surface area contributed by atoms with Crippen LogP contribution in [-0.2, 0) is 5.41 Å². The SMILES string of the molecule is CCC(CC(O)CO)c1ccc(OC)c(C(C)(C)C)c1. The van der Waals surface area contributed by atoms with Crippen molar-refractivity contribution in [2.24, 2.45) is 0 Å². The molecule has 114 valence electrons. The second-order valence-corrected chi connectivity index (χ2v) is 6.39. The predicted molar refractivity (Wildman–Crippen MR) is 82.4 cm³/mol. The van der Waals surface area contributed by atoms with Crippen LogP contribution >= 0.6 is 0 Å². The zero-order valence-electron chi connectivity index (χ0n) is 13.3. The largest absolute Gasteiger partial charge is 0.496 e. The molecular formula is C17H28O3. The Morgan fingerprint density at radius 2 is 1.90 bits per heavy atom. The van der Waals surface area contributed by atoms with Gasteiger partial charge in [-0.25, -0.2) is 0 Å². The van der Waals surface area contributed by atoms with E-state index >= 15 is 0 Å². The van der Waals surface area contributed by atoms with Crippen molar-refractivity contribution in [3.05, 3.63) is 29.3 Å². The van der Waals surface area contributed by atoms with Crippen LogP contribution in [0.1, 0.15) is 57.6 Å². The molecule has 3 nitrogen and oxygen atoms in total. The summed E-state index contributed by atoms with van der Waals surface area (Å²) < 4.78 is 5.45. The normalized spacial score (nSPS) is 14.9. The van der Waals surface area contributed by atoms with Gasteiger partial charge in [-0.05, 0) is 41.4 Å². The topological polar surface area (TPSA) is 49.7 Å². The van der Waals surface area contributed by atoms with Crippen molar-refractivity contribution in [3.8, 4) is 5.75 Å². The molecule has 0 radical (unpaired) electrons. The zero-order valence-corrected chi connectivity index (χ0v) is 13.3. The maximum atomic E-state index is 9.68. The lowest BCUT2D eigenvalue weighted by Gasteiger charge is -2.25. The van der Waals surface area contributed by atoms with Crippen LogP contribution in [0.5, 0.6) is 5.75 Å². The Bertz CT molecular complexity index is 421. The van der Waals surface area contributed by atoms with E-state index in [-0.39, 0.29) is 17.9 Å². The molecule has 1 rings (SSSR count). The molecule has 2 atom stereocenters. The van der Waals surface area contributed by atoms with Crippen molar-refractivity contribution in [2.45, 2.75) is 58.0 Å². The quantitative estimate of drug-likeness (QED) is 0.841. The Kier molecular flexibility index (Phi) is 6.03. The van der Waals surface area contributed by atoms with Gasteiger partial charge >= 0.3 is 0 Å². The van der Waals surface area contributed by atoms with Gasteiger partial charge in [-0.2, -0.15) is 0 Å². The van der Waals surface area contributed by atoms with Crippen molar-refractivity contribution in [1.29, 1.82) is 0 Å². The Labute approximate surface area is 122 Å². The molecule has 0 spiro atoms. The van der Waals surface area contributed by atoms with Crippen LogP contribution in [-0.4, -0.2) is 30.0 Å². The molecule has 0 fully saturated rings. The van der Waals surface area contributed by atoms with Gasteiger partial charge in [-0.1, -0.05) is 39.8 Å². The fourth-order valence-electron chi connectivity index (χ4n) is 2.51.